The number of carbonyl (C=O) groups excluding carboxylic acids is 1. The maximum absolute atomic E-state index is 9.76. The Balaban J connectivity index is 3.50. The topological polar surface area (TPSA) is 29.1 Å². The van der Waals surface area contributed by atoms with Gasteiger partial charge in [-0.1, -0.05) is 0 Å². The van der Waals surface area contributed by atoms with Gasteiger partial charge in [0, 0.05) is 11.7 Å². The Hall–Kier alpha value is -0.790. The minimum absolute atomic E-state index is 0.0551. The van der Waals surface area contributed by atoms with Crippen LogP contribution in [0, 0.1) is 0 Å². The number of rotatable bonds is 2. The molecule has 0 aliphatic carbocycles. The van der Waals surface area contributed by atoms with Gasteiger partial charge in [0.1, 0.15) is 6.29 Å². The molecule has 9 heavy (non-hydrogen) atoms. The second-order valence-corrected chi connectivity index (χ2v) is 2.89. The fourth-order valence-electron chi connectivity index (χ4n) is 0.337. The highest BCUT2D eigenvalue weighted by atomic mass is 16.1. The molecule has 0 aliphatic heterocycles. The van der Waals surface area contributed by atoms with Crippen LogP contribution in [0.4, 0.5) is 0 Å². The molecule has 0 spiro atoms. The maximum atomic E-state index is 9.76. The molecule has 1 N–H and O–H groups in total. The molecule has 0 amide bonds. The smallest absolute Gasteiger partial charge is 0.144 e. The van der Waals surface area contributed by atoms with Gasteiger partial charge in [-0.05, 0) is 26.8 Å². The number of allylic oxidation sites excluding steroid dienone is 1. The Kier molecular flexibility index (Phi) is 2.99. The van der Waals surface area contributed by atoms with Gasteiger partial charge in [-0.15, -0.1) is 0 Å². The SMILES string of the molecule is CC(C)(C)N/C=C\C=O. The molecule has 0 aliphatic rings. The molecule has 0 saturated heterocycles. The summed E-state index contributed by atoms with van der Waals surface area (Å²) < 4.78 is 0. The van der Waals surface area contributed by atoms with Crippen molar-refractivity contribution < 1.29 is 4.79 Å². The molecule has 0 fully saturated rings. The van der Waals surface area contributed by atoms with Gasteiger partial charge in [0.25, 0.3) is 0 Å². The molecule has 0 bridgehead atoms. The van der Waals surface area contributed by atoms with E-state index in [0.717, 1.165) is 6.29 Å². The van der Waals surface area contributed by atoms with Crippen molar-refractivity contribution in [3.05, 3.63) is 12.3 Å². The monoisotopic (exact) mass is 127 g/mol. The van der Waals surface area contributed by atoms with Crippen molar-refractivity contribution in [1.29, 1.82) is 0 Å². The lowest BCUT2D eigenvalue weighted by molar-refractivity contribution is -0.104. The molecular weight excluding hydrogens is 114 g/mol. The fourth-order valence-corrected chi connectivity index (χ4v) is 0.337. The summed E-state index contributed by atoms with van der Waals surface area (Å²) in [4.78, 5) is 9.76. The molecule has 0 aromatic carbocycles. The molecule has 0 aromatic heterocycles. The van der Waals surface area contributed by atoms with Crippen LogP contribution in [0.15, 0.2) is 12.3 Å². The normalized spacial score (nSPS) is 11.9. The summed E-state index contributed by atoms with van der Waals surface area (Å²) in [5, 5.41) is 3.01. The van der Waals surface area contributed by atoms with Gasteiger partial charge < -0.3 is 5.32 Å². The van der Waals surface area contributed by atoms with Crippen molar-refractivity contribution in [1.82, 2.24) is 5.32 Å². The lowest BCUT2D eigenvalue weighted by Crippen LogP contribution is -2.30. The van der Waals surface area contributed by atoms with E-state index in [1.165, 1.54) is 6.08 Å². The molecule has 52 valence electrons. The van der Waals surface area contributed by atoms with E-state index in [1.54, 1.807) is 6.20 Å². The largest absolute Gasteiger partial charge is 0.386 e. The highest BCUT2D eigenvalue weighted by Gasteiger charge is 2.03. The Morgan fingerprint density at radius 1 is 1.33 bits per heavy atom. The van der Waals surface area contributed by atoms with Crippen LogP contribution in [-0.2, 0) is 4.79 Å². The Labute approximate surface area is 56.0 Å². The minimum atomic E-state index is 0.0551. The summed E-state index contributed by atoms with van der Waals surface area (Å²) in [6, 6.07) is 0. The molecule has 0 rings (SSSR count). The number of aldehydes is 1. The summed E-state index contributed by atoms with van der Waals surface area (Å²) >= 11 is 0. The predicted molar refractivity (Wildman–Crippen MR) is 38.1 cm³/mol. The summed E-state index contributed by atoms with van der Waals surface area (Å²) in [5.74, 6) is 0. The third-order valence-corrected chi connectivity index (χ3v) is 0.691. The number of carbonyl (C=O) groups is 1. The number of nitrogens with one attached hydrogen (secondary N) is 1. The van der Waals surface area contributed by atoms with E-state index in [1.807, 2.05) is 20.8 Å². The molecule has 0 unspecified atom stereocenters. The first kappa shape index (κ1) is 8.21. The van der Waals surface area contributed by atoms with Gasteiger partial charge in [-0.3, -0.25) is 4.79 Å². The van der Waals surface area contributed by atoms with Crippen LogP contribution in [0.2, 0.25) is 0 Å². The average Bonchev–Trinajstić information content (AvgIpc) is 1.63. The van der Waals surface area contributed by atoms with Crippen LogP contribution in [0.1, 0.15) is 20.8 Å². The maximum Gasteiger partial charge on any atom is 0.144 e. The van der Waals surface area contributed by atoms with E-state index < -0.39 is 0 Å². The first-order chi connectivity index (χ1) is 4.06. The van der Waals surface area contributed by atoms with Crippen molar-refractivity contribution in [2.45, 2.75) is 26.3 Å². The molecule has 2 heteroatoms. The van der Waals surface area contributed by atoms with Crippen molar-refractivity contribution in [2.75, 3.05) is 0 Å². The highest BCUT2D eigenvalue weighted by Crippen LogP contribution is 1.96. The summed E-state index contributed by atoms with van der Waals surface area (Å²) in [7, 11) is 0. The van der Waals surface area contributed by atoms with Crippen LogP contribution in [0.5, 0.6) is 0 Å². The van der Waals surface area contributed by atoms with Crippen molar-refractivity contribution >= 4 is 6.29 Å². The summed E-state index contributed by atoms with van der Waals surface area (Å²) in [6.07, 6.45) is 3.83. The Morgan fingerprint density at radius 3 is 2.22 bits per heavy atom. The van der Waals surface area contributed by atoms with Crippen LogP contribution < -0.4 is 5.32 Å². The van der Waals surface area contributed by atoms with Gasteiger partial charge in [0.2, 0.25) is 0 Å². The standard InChI is InChI=1S/C7H13NO/c1-7(2,3)8-5-4-6-9/h4-6,8H,1-3H3/b5-4-. The summed E-state index contributed by atoms with van der Waals surface area (Å²) in [6.45, 7) is 6.09. The fraction of sp³-hybridized carbons (Fsp3) is 0.571. The highest BCUT2D eigenvalue weighted by molar-refractivity contribution is 5.64. The van der Waals surface area contributed by atoms with E-state index in [4.69, 9.17) is 0 Å². The third-order valence-electron chi connectivity index (χ3n) is 0.691. The molecule has 2 nitrogen and oxygen atoms in total. The van der Waals surface area contributed by atoms with E-state index in [2.05, 4.69) is 5.32 Å². The number of hydrogen-bond acceptors (Lipinski definition) is 2. The van der Waals surface area contributed by atoms with Crippen LogP contribution >= 0.6 is 0 Å². The molecule has 0 aromatic rings. The Morgan fingerprint density at radius 2 is 1.89 bits per heavy atom. The van der Waals surface area contributed by atoms with E-state index in [0.29, 0.717) is 0 Å². The zero-order valence-electron chi connectivity index (χ0n) is 6.14. The van der Waals surface area contributed by atoms with Crippen LogP contribution in [0.3, 0.4) is 0 Å². The average molecular weight is 127 g/mol. The Bertz CT molecular complexity index is 111. The van der Waals surface area contributed by atoms with Crippen LogP contribution in [-0.4, -0.2) is 11.8 Å². The summed E-state index contributed by atoms with van der Waals surface area (Å²) in [5.41, 5.74) is 0.0551. The van der Waals surface area contributed by atoms with E-state index in [-0.39, 0.29) is 5.54 Å². The first-order valence-corrected chi connectivity index (χ1v) is 2.94. The zero-order valence-corrected chi connectivity index (χ0v) is 6.14. The zero-order chi connectivity index (χ0) is 7.33. The van der Waals surface area contributed by atoms with Crippen molar-refractivity contribution in [3.63, 3.8) is 0 Å². The molecule has 0 heterocycles. The minimum Gasteiger partial charge on any atom is -0.386 e. The second-order valence-electron chi connectivity index (χ2n) is 2.89. The van der Waals surface area contributed by atoms with E-state index in [9.17, 15) is 4.79 Å². The van der Waals surface area contributed by atoms with Gasteiger partial charge in [0.05, 0.1) is 0 Å². The van der Waals surface area contributed by atoms with Crippen LogP contribution in [0.25, 0.3) is 0 Å². The van der Waals surface area contributed by atoms with Crippen molar-refractivity contribution in [3.8, 4) is 0 Å². The van der Waals surface area contributed by atoms with Crippen molar-refractivity contribution in [2.24, 2.45) is 0 Å². The molecule has 0 atom stereocenters. The predicted octanol–water partition coefficient (Wildman–Crippen LogP) is 1.09. The van der Waals surface area contributed by atoms with E-state index >= 15 is 0 Å². The van der Waals surface area contributed by atoms with Gasteiger partial charge in [0.15, 0.2) is 0 Å². The second kappa shape index (κ2) is 3.28. The van der Waals surface area contributed by atoms with Gasteiger partial charge in [-0.25, -0.2) is 0 Å². The lowest BCUT2D eigenvalue weighted by atomic mass is 10.1. The lowest BCUT2D eigenvalue weighted by Gasteiger charge is -2.17. The molecule has 0 radical (unpaired) electrons. The quantitative estimate of drug-likeness (QED) is 0.444. The molecular formula is C7H13NO. The molecule has 0 saturated carbocycles. The van der Waals surface area contributed by atoms with Gasteiger partial charge in [-0.2, -0.15) is 0 Å². The van der Waals surface area contributed by atoms with Gasteiger partial charge >= 0.3 is 0 Å². The first-order valence-electron chi connectivity index (χ1n) is 2.94. The number of hydrogen-bond donors (Lipinski definition) is 1. The third kappa shape index (κ3) is 7.21.